The van der Waals surface area contributed by atoms with Crippen molar-refractivity contribution >= 4 is 0 Å². The Hall–Kier alpha value is -0.300. The van der Waals surface area contributed by atoms with E-state index in [1.165, 1.54) is 12.8 Å². The standard InChI is InChI=1S/C10H17N/c1-8-10(2)6-4-9(5-7-10)11(8)3/h4,6,8-9H,5,7H2,1-3H3/t8-,9-,10+/m1/s1. The second-order valence-corrected chi connectivity index (χ2v) is 4.31. The van der Waals surface area contributed by atoms with Crippen molar-refractivity contribution in [2.45, 2.75) is 38.8 Å². The lowest BCUT2D eigenvalue weighted by atomic mass is 9.69. The molecule has 3 aliphatic rings. The van der Waals surface area contributed by atoms with Gasteiger partial charge in [-0.15, -0.1) is 0 Å². The zero-order valence-corrected chi connectivity index (χ0v) is 7.67. The molecular formula is C10H17N. The van der Waals surface area contributed by atoms with Gasteiger partial charge in [-0.05, 0) is 26.8 Å². The van der Waals surface area contributed by atoms with E-state index in [0.717, 1.165) is 12.1 Å². The second-order valence-electron chi connectivity index (χ2n) is 4.31. The molecule has 0 spiro atoms. The van der Waals surface area contributed by atoms with Gasteiger partial charge in [0.05, 0.1) is 0 Å². The highest BCUT2D eigenvalue weighted by Gasteiger charge is 2.41. The lowest BCUT2D eigenvalue weighted by molar-refractivity contribution is 0.0458. The van der Waals surface area contributed by atoms with Crippen LogP contribution in [0.5, 0.6) is 0 Å². The Morgan fingerprint density at radius 3 is 2.64 bits per heavy atom. The van der Waals surface area contributed by atoms with E-state index in [9.17, 15) is 0 Å². The van der Waals surface area contributed by atoms with Crippen LogP contribution in [0.15, 0.2) is 12.2 Å². The monoisotopic (exact) mass is 151 g/mol. The van der Waals surface area contributed by atoms with Crippen LogP contribution in [-0.2, 0) is 0 Å². The van der Waals surface area contributed by atoms with E-state index < -0.39 is 0 Å². The average Bonchev–Trinajstić information content (AvgIpc) is 2.01. The summed E-state index contributed by atoms with van der Waals surface area (Å²) in [5, 5.41) is 0. The van der Waals surface area contributed by atoms with Crippen LogP contribution in [0.1, 0.15) is 26.7 Å². The molecule has 2 heterocycles. The predicted molar refractivity (Wildman–Crippen MR) is 47.5 cm³/mol. The van der Waals surface area contributed by atoms with E-state index in [0.29, 0.717) is 5.41 Å². The maximum Gasteiger partial charge on any atom is 0.0278 e. The zero-order valence-electron chi connectivity index (χ0n) is 7.67. The van der Waals surface area contributed by atoms with Gasteiger partial charge in [0.15, 0.2) is 0 Å². The first-order valence-electron chi connectivity index (χ1n) is 4.55. The molecule has 0 aromatic heterocycles. The summed E-state index contributed by atoms with van der Waals surface area (Å²) in [6.07, 6.45) is 7.53. The minimum atomic E-state index is 0.462. The molecule has 2 aliphatic heterocycles. The predicted octanol–water partition coefficient (Wildman–Crippen LogP) is 2.05. The third kappa shape index (κ3) is 0.871. The second kappa shape index (κ2) is 2.10. The van der Waals surface area contributed by atoms with Gasteiger partial charge in [0.25, 0.3) is 0 Å². The maximum atomic E-state index is 2.50. The lowest BCUT2D eigenvalue weighted by Gasteiger charge is -2.51. The van der Waals surface area contributed by atoms with Crippen molar-refractivity contribution in [3.05, 3.63) is 12.2 Å². The molecule has 1 nitrogen and oxygen atoms in total. The average molecular weight is 151 g/mol. The van der Waals surface area contributed by atoms with Gasteiger partial charge in [-0.1, -0.05) is 19.1 Å². The maximum absolute atomic E-state index is 2.50. The highest BCUT2D eigenvalue weighted by atomic mass is 15.2. The fourth-order valence-electron chi connectivity index (χ4n) is 2.41. The summed E-state index contributed by atoms with van der Waals surface area (Å²) in [5.74, 6) is 0. The van der Waals surface area contributed by atoms with E-state index in [1.807, 2.05) is 0 Å². The quantitative estimate of drug-likeness (QED) is 0.479. The molecule has 3 atom stereocenters. The highest BCUT2D eigenvalue weighted by molar-refractivity contribution is 5.16. The van der Waals surface area contributed by atoms with Crippen molar-refractivity contribution < 1.29 is 0 Å². The summed E-state index contributed by atoms with van der Waals surface area (Å²) in [7, 11) is 2.25. The Morgan fingerprint density at radius 1 is 1.55 bits per heavy atom. The van der Waals surface area contributed by atoms with E-state index in [-0.39, 0.29) is 0 Å². The van der Waals surface area contributed by atoms with Gasteiger partial charge in [-0.2, -0.15) is 0 Å². The Labute approximate surface area is 69.1 Å². The molecule has 0 radical (unpaired) electrons. The van der Waals surface area contributed by atoms with Gasteiger partial charge in [-0.25, -0.2) is 0 Å². The lowest BCUT2D eigenvalue weighted by Crippen LogP contribution is -2.54. The van der Waals surface area contributed by atoms with Crippen LogP contribution in [-0.4, -0.2) is 24.0 Å². The Kier molecular flexibility index (Phi) is 1.40. The minimum Gasteiger partial charge on any atom is -0.296 e. The van der Waals surface area contributed by atoms with Gasteiger partial charge in [0, 0.05) is 17.5 Å². The molecule has 0 aromatic rings. The van der Waals surface area contributed by atoms with Crippen molar-refractivity contribution in [1.82, 2.24) is 4.90 Å². The Balaban J connectivity index is 2.35. The highest BCUT2D eigenvalue weighted by Crippen LogP contribution is 2.43. The Morgan fingerprint density at radius 2 is 2.27 bits per heavy atom. The first-order chi connectivity index (χ1) is 5.13. The molecule has 1 fully saturated rings. The molecule has 11 heavy (non-hydrogen) atoms. The molecule has 0 saturated carbocycles. The molecule has 0 amide bonds. The van der Waals surface area contributed by atoms with Crippen molar-refractivity contribution in [3.63, 3.8) is 0 Å². The fourth-order valence-corrected chi connectivity index (χ4v) is 2.41. The number of fused-ring (bicyclic) bond motifs is 2. The van der Waals surface area contributed by atoms with Crippen LogP contribution in [0.4, 0.5) is 0 Å². The van der Waals surface area contributed by atoms with Gasteiger partial charge >= 0.3 is 0 Å². The minimum absolute atomic E-state index is 0.462. The molecule has 2 bridgehead atoms. The fraction of sp³-hybridized carbons (Fsp3) is 0.800. The molecule has 0 aromatic carbocycles. The van der Waals surface area contributed by atoms with Crippen LogP contribution in [0.25, 0.3) is 0 Å². The molecule has 0 N–H and O–H groups in total. The van der Waals surface area contributed by atoms with E-state index >= 15 is 0 Å². The van der Waals surface area contributed by atoms with Crippen LogP contribution in [0.2, 0.25) is 0 Å². The van der Waals surface area contributed by atoms with Crippen LogP contribution in [0, 0.1) is 5.41 Å². The zero-order chi connectivity index (χ0) is 8.06. The summed E-state index contributed by atoms with van der Waals surface area (Å²) in [6.45, 7) is 4.72. The first kappa shape index (κ1) is 7.35. The smallest absolute Gasteiger partial charge is 0.0278 e. The normalized spacial score (nSPS) is 50.1. The number of likely N-dealkylation sites (N-methyl/N-ethyl adjacent to an activating group) is 1. The summed E-state index contributed by atoms with van der Waals surface area (Å²) < 4.78 is 0. The third-order valence-electron chi connectivity index (χ3n) is 3.77. The topological polar surface area (TPSA) is 3.24 Å². The van der Waals surface area contributed by atoms with Crippen molar-refractivity contribution in [1.29, 1.82) is 0 Å². The first-order valence-corrected chi connectivity index (χ1v) is 4.55. The SMILES string of the molecule is C[C@H]1N(C)[C@@H]2C=C[C@@]1(C)CC2. The largest absolute Gasteiger partial charge is 0.296 e. The van der Waals surface area contributed by atoms with E-state index in [1.54, 1.807) is 0 Å². The molecule has 62 valence electrons. The number of rotatable bonds is 0. The number of piperidine rings is 1. The van der Waals surface area contributed by atoms with Gasteiger partial charge in [-0.3, -0.25) is 4.90 Å². The van der Waals surface area contributed by atoms with E-state index in [2.05, 4.69) is 37.9 Å². The van der Waals surface area contributed by atoms with Crippen molar-refractivity contribution in [2.75, 3.05) is 7.05 Å². The van der Waals surface area contributed by atoms with Crippen molar-refractivity contribution in [2.24, 2.45) is 5.41 Å². The summed E-state index contributed by atoms with van der Waals surface area (Å²) in [6, 6.07) is 1.46. The van der Waals surface area contributed by atoms with Gasteiger partial charge < -0.3 is 0 Å². The molecular weight excluding hydrogens is 134 g/mol. The number of nitrogens with zero attached hydrogens (tertiary/aromatic N) is 1. The molecule has 0 unspecified atom stereocenters. The summed E-state index contributed by atoms with van der Waals surface area (Å²) in [4.78, 5) is 2.50. The van der Waals surface area contributed by atoms with Crippen LogP contribution < -0.4 is 0 Å². The third-order valence-corrected chi connectivity index (χ3v) is 3.77. The van der Waals surface area contributed by atoms with E-state index in [4.69, 9.17) is 0 Å². The van der Waals surface area contributed by atoms with Crippen LogP contribution >= 0.6 is 0 Å². The van der Waals surface area contributed by atoms with Gasteiger partial charge in [0.2, 0.25) is 0 Å². The van der Waals surface area contributed by atoms with Crippen LogP contribution in [0.3, 0.4) is 0 Å². The van der Waals surface area contributed by atoms with Crippen molar-refractivity contribution in [3.8, 4) is 0 Å². The molecule has 3 rings (SSSR count). The summed E-state index contributed by atoms with van der Waals surface area (Å²) in [5.41, 5.74) is 0.462. The van der Waals surface area contributed by atoms with Gasteiger partial charge in [0.1, 0.15) is 0 Å². The molecule has 1 saturated heterocycles. The number of hydrogen-bond acceptors (Lipinski definition) is 1. The number of hydrogen-bond donors (Lipinski definition) is 0. The molecule has 1 heteroatoms. The Bertz CT molecular complexity index is 197. The molecule has 1 aliphatic carbocycles. The summed E-state index contributed by atoms with van der Waals surface area (Å²) >= 11 is 0.